The van der Waals surface area contributed by atoms with E-state index in [1.54, 1.807) is 19.1 Å². The molecule has 1 atom stereocenters. The van der Waals surface area contributed by atoms with Crippen molar-refractivity contribution in [2.24, 2.45) is 0 Å². The number of hydrogen-bond acceptors (Lipinski definition) is 6. The number of nitrogens with zero attached hydrogens (tertiary/aromatic N) is 2. The van der Waals surface area contributed by atoms with Crippen LogP contribution in [0, 0.1) is 0 Å². The lowest BCUT2D eigenvalue weighted by Gasteiger charge is -2.32. The number of amides is 2. The van der Waals surface area contributed by atoms with Gasteiger partial charge in [-0.3, -0.25) is 13.9 Å². The van der Waals surface area contributed by atoms with Crippen LogP contribution in [0.5, 0.6) is 11.5 Å². The molecule has 0 radical (unpaired) electrons. The van der Waals surface area contributed by atoms with Crippen LogP contribution < -0.4 is 19.1 Å². The van der Waals surface area contributed by atoms with Crippen molar-refractivity contribution in [2.75, 3.05) is 31.3 Å². The first kappa shape index (κ1) is 27.3. The second kappa shape index (κ2) is 12.1. The van der Waals surface area contributed by atoms with E-state index < -0.39 is 28.5 Å². The maximum atomic E-state index is 13.6. The standard InChI is InChI=1S/C26H35N3O6S/c1-19(26(31)27-21-12-8-9-13-21)28(17-20-10-6-5-7-11-20)25(30)18-29(36(4,32)33)22-14-15-23(34-2)24(16-22)35-3/h5-7,10-11,14-16,19,21H,8-9,12-13,17-18H2,1-4H3,(H,27,31)/t19-/m1/s1. The minimum Gasteiger partial charge on any atom is -0.493 e. The maximum Gasteiger partial charge on any atom is 0.244 e. The highest BCUT2D eigenvalue weighted by molar-refractivity contribution is 7.92. The van der Waals surface area contributed by atoms with Crippen LogP contribution in [0.1, 0.15) is 38.2 Å². The van der Waals surface area contributed by atoms with Gasteiger partial charge < -0.3 is 19.7 Å². The van der Waals surface area contributed by atoms with Gasteiger partial charge in [-0.15, -0.1) is 0 Å². The molecule has 2 aromatic rings. The summed E-state index contributed by atoms with van der Waals surface area (Å²) in [7, 11) is -0.910. The van der Waals surface area contributed by atoms with Crippen LogP contribution in [-0.4, -0.2) is 64.2 Å². The molecule has 1 fully saturated rings. The molecule has 0 heterocycles. The van der Waals surface area contributed by atoms with E-state index in [2.05, 4.69) is 5.32 Å². The number of nitrogens with one attached hydrogen (secondary N) is 1. The minimum atomic E-state index is -3.84. The molecule has 9 nitrogen and oxygen atoms in total. The average Bonchev–Trinajstić information content (AvgIpc) is 3.37. The molecule has 0 spiro atoms. The Morgan fingerprint density at radius 1 is 1.03 bits per heavy atom. The maximum absolute atomic E-state index is 13.6. The molecular formula is C26H35N3O6S. The van der Waals surface area contributed by atoms with Crippen LogP contribution in [0.4, 0.5) is 5.69 Å². The summed E-state index contributed by atoms with van der Waals surface area (Å²) in [6.45, 7) is 1.37. The fourth-order valence-corrected chi connectivity index (χ4v) is 5.19. The highest BCUT2D eigenvalue weighted by Crippen LogP contribution is 2.32. The zero-order valence-electron chi connectivity index (χ0n) is 21.3. The van der Waals surface area contributed by atoms with E-state index >= 15 is 0 Å². The quantitative estimate of drug-likeness (QED) is 0.491. The summed E-state index contributed by atoms with van der Waals surface area (Å²) in [4.78, 5) is 28.1. The van der Waals surface area contributed by atoms with Crippen molar-refractivity contribution in [2.45, 2.75) is 51.2 Å². The number of rotatable bonds is 11. The second-order valence-electron chi connectivity index (χ2n) is 8.98. The van der Waals surface area contributed by atoms with Gasteiger partial charge in [0.05, 0.1) is 26.2 Å². The molecule has 1 saturated carbocycles. The van der Waals surface area contributed by atoms with E-state index in [1.165, 1.54) is 25.2 Å². The summed E-state index contributed by atoms with van der Waals surface area (Å²) >= 11 is 0. The van der Waals surface area contributed by atoms with E-state index in [1.807, 2.05) is 30.3 Å². The lowest BCUT2D eigenvalue weighted by molar-refractivity contribution is -0.139. The van der Waals surface area contributed by atoms with Gasteiger partial charge in [0.15, 0.2) is 11.5 Å². The first-order chi connectivity index (χ1) is 17.1. The van der Waals surface area contributed by atoms with Gasteiger partial charge in [0.1, 0.15) is 12.6 Å². The molecule has 2 aromatic carbocycles. The third-order valence-electron chi connectivity index (χ3n) is 6.40. The topological polar surface area (TPSA) is 105 Å². The number of hydrogen-bond donors (Lipinski definition) is 1. The molecule has 2 amide bonds. The first-order valence-corrected chi connectivity index (χ1v) is 13.8. The Kier molecular flexibility index (Phi) is 9.19. The summed E-state index contributed by atoms with van der Waals surface area (Å²) in [6, 6.07) is 13.3. The largest absolute Gasteiger partial charge is 0.493 e. The smallest absolute Gasteiger partial charge is 0.244 e. The van der Waals surface area contributed by atoms with Crippen LogP contribution >= 0.6 is 0 Å². The molecule has 1 aliphatic carbocycles. The Balaban J connectivity index is 1.89. The van der Waals surface area contributed by atoms with Crippen molar-refractivity contribution in [1.82, 2.24) is 10.2 Å². The zero-order chi connectivity index (χ0) is 26.3. The molecule has 0 aromatic heterocycles. The van der Waals surface area contributed by atoms with Crippen molar-refractivity contribution in [3.8, 4) is 11.5 Å². The molecule has 0 aliphatic heterocycles. The van der Waals surface area contributed by atoms with Gasteiger partial charge in [0.25, 0.3) is 0 Å². The van der Waals surface area contributed by atoms with Crippen molar-refractivity contribution in [3.05, 3.63) is 54.1 Å². The van der Waals surface area contributed by atoms with E-state index in [9.17, 15) is 18.0 Å². The summed E-state index contributed by atoms with van der Waals surface area (Å²) in [6.07, 6.45) is 5.02. The van der Waals surface area contributed by atoms with Gasteiger partial charge in [-0.2, -0.15) is 0 Å². The minimum absolute atomic E-state index is 0.105. The number of ether oxygens (including phenoxy) is 2. The third-order valence-corrected chi connectivity index (χ3v) is 7.54. The second-order valence-corrected chi connectivity index (χ2v) is 10.9. The van der Waals surface area contributed by atoms with Gasteiger partial charge >= 0.3 is 0 Å². The number of anilines is 1. The average molecular weight is 518 g/mol. The van der Waals surface area contributed by atoms with E-state index in [4.69, 9.17) is 9.47 Å². The van der Waals surface area contributed by atoms with E-state index in [0.717, 1.165) is 41.8 Å². The van der Waals surface area contributed by atoms with Gasteiger partial charge in [0.2, 0.25) is 21.8 Å². The molecule has 1 N–H and O–H groups in total. The van der Waals surface area contributed by atoms with Crippen LogP contribution in [-0.2, 0) is 26.2 Å². The summed E-state index contributed by atoms with van der Waals surface area (Å²) in [5.41, 5.74) is 1.09. The fourth-order valence-electron chi connectivity index (χ4n) is 4.35. The van der Waals surface area contributed by atoms with Crippen LogP contribution in [0.2, 0.25) is 0 Å². The Morgan fingerprint density at radius 3 is 2.25 bits per heavy atom. The summed E-state index contributed by atoms with van der Waals surface area (Å²) in [5, 5.41) is 3.05. The van der Waals surface area contributed by atoms with E-state index in [-0.39, 0.29) is 24.2 Å². The number of carbonyl (C=O) groups is 2. The van der Waals surface area contributed by atoms with Crippen LogP contribution in [0.15, 0.2) is 48.5 Å². The molecule has 3 rings (SSSR count). The lowest BCUT2D eigenvalue weighted by atomic mass is 10.1. The molecule has 10 heteroatoms. The SMILES string of the molecule is COc1ccc(N(CC(=O)N(Cc2ccccc2)[C@H](C)C(=O)NC2CCCC2)S(C)(=O)=O)cc1OC. The lowest BCUT2D eigenvalue weighted by Crippen LogP contribution is -2.52. The Labute approximate surface area is 213 Å². The highest BCUT2D eigenvalue weighted by atomic mass is 32.2. The summed E-state index contributed by atoms with van der Waals surface area (Å²) in [5.74, 6) is 0.0295. The first-order valence-electron chi connectivity index (χ1n) is 12.0. The zero-order valence-corrected chi connectivity index (χ0v) is 22.1. The van der Waals surface area contributed by atoms with Gasteiger partial charge in [0, 0.05) is 18.7 Å². The van der Waals surface area contributed by atoms with Crippen molar-refractivity contribution >= 4 is 27.5 Å². The van der Waals surface area contributed by atoms with Gasteiger partial charge in [-0.25, -0.2) is 8.42 Å². The molecular weight excluding hydrogens is 482 g/mol. The monoisotopic (exact) mass is 517 g/mol. The predicted molar refractivity (Wildman–Crippen MR) is 139 cm³/mol. The fraction of sp³-hybridized carbons (Fsp3) is 0.462. The Hall–Kier alpha value is -3.27. The van der Waals surface area contributed by atoms with E-state index in [0.29, 0.717) is 11.5 Å². The number of sulfonamides is 1. The number of carbonyl (C=O) groups excluding carboxylic acids is 2. The van der Waals surface area contributed by atoms with Gasteiger partial charge in [-0.1, -0.05) is 43.2 Å². The predicted octanol–water partition coefficient (Wildman–Crippen LogP) is 2.95. The molecule has 1 aliphatic rings. The van der Waals surface area contributed by atoms with Crippen molar-refractivity contribution in [3.63, 3.8) is 0 Å². The van der Waals surface area contributed by atoms with Crippen LogP contribution in [0.25, 0.3) is 0 Å². The van der Waals surface area contributed by atoms with Crippen molar-refractivity contribution in [1.29, 1.82) is 0 Å². The highest BCUT2D eigenvalue weighted by Gasteiger charge is 2.31. The Bertz CT molecular complexity index is 1150. The normalized spacial score (nSPS) is 14.7. The molecule has 196 valence electrons. The number of methoxy groups -OCH3 is 2. The molecule has 0 unspecified atom stereocenters. The molecule has 36 heavy (non-hydrogen) atoms. The third kappa shape index (κ3) is 6.90. The van der Waals surface area contributed by atoms with Crippen molar-refractivity contribution < 1.29 is 27.5 Å². The molecule has 0 saturated heterocycles. The van der Waals surface area contributed by atoms with Crippen LogP contribution in [0.3, 0.4) is 0 Å². The Morgan fingerprint density at radius 2 is 1.67 bits per heavy atom. The number of benzene rings is 2. The summed E-state index contributed by atoms with van der Waals surface area (Å²) < 4.78 is 37.0. The van der Waals surface area contributed by atoms with Gasteiger partial charge in [-0.05, 0) is 37.5 Å². The molecule has 0 bridgehead atoms.